The van der Waals surface area contributed by atoms with E-state index in [9.17, 15) is 4.79 Å². The molecule has 4 nitrogen and oxygen atoms in total. The van der Waals surface area contributed by atoms with Gasteiger partial charge in [0.2, 0.25) is 0 Å². The van der Waals surface area contributed by atoms with E-state index in [1.54, 1.807) is 16.7 Å². The molecular weight excluding hydrogens is 455 g/mol. The summed E-state index contributed by atoms with van der Waals surface area (Å²) in [6, 6.07) is 26.4. The van der Waals surface area contributed by atoms with Crippen molar-refractivity contribution in [3.05, 3.63) is 105 Å². The molecule has 0 unspecified atom stereocenters. The second kappa shape index (κ2) is 9.26. The van der Waals surface area contributed by atoms with E-state index in [0.29, 0.717) is 46.3 Å². The van der Waals surface area contributed by atoms with Crippen LogP contribution in [0.2, 0.25) is 10.0 Å². The minimum atomic E-state index is -0.0671. The highest BCUT2D eigenvalue weighted by molar-refractivity contribution is 6.35. The van der Waals surface area contributed by atoms with E-state index in [4.69, 9.17) is 32.9 Å². The van der Waals surface area contributed by atoms with Gasteiger partial charge in [-0.2, -0.15) is 0 Å². The largest absolute Gasteiger partial charge is 0.493 e. The fourth-order valence-corrected chi connectivity index (χ4v) is 4.31. The number of fused-ring (bicyclic) bond motifs is 2. The molecule has 0 spiro atoms. The van der Waals surface area contributed by atoms with E-state index in [2.05, 4.69) is 0 Å². The Hall–Kier alpha value is -3.34. The number of para-hydroxylation sites is 1. The van der Waals surface area contributed by atoms with Gasteiger partial charge in [-0.05, 0) is 55.0 Å². The fourth-order valence-electron chi connectivity index (χ4n) is 3.96. The Morgan fingerprint density at radius 1 is 0.788 bits per heavy atom. The molecule has 0 aliphatic heterocycles. The molecule has 1 heterocycles. The maximum absolute atomic E-state index is 13.3. The molecule has 164 valence electrons. The van der Waals surface area contributed by atoms with E-state index in [1.165, 1.54) is 0 Å². The number of rotatable bonds is 6. The van der Waals surface area contributed by atoms with Crippen LogP contribution >= 0.6 is 23.2 Å². The van der Waals surface area contributed by atoms with Gasteiger partial charge in [0.05, 0.1) is 17.5 Å². The van der Waals surface area contributed by atoms with Gasteiger partial charge in [0.15, 0.2) is 0 Å². The lowest BCUT2D eigenvalue weighted by Crippen LogP contribution is -2.24. The van der Waals surface area contributed by atoms with Gasteiger partial charge in [-0.25, -0.2) is 4.98 Å². The minimum absolute atomic E-state index is 0.0671. The van der Waals surface area contributed by atoms with Crippen LogP contribution in [0.5, 0.6) is 5.75 Å². The van der Waals surface area contributed by atoms with Crippen LogP contribution in [0, 0.1) is 0 Å². The SMILES string of the molecule is O=c1c2ccccc2nc(-c2ccc(Cl)cc2)n1CCCOc1ccc(Cl)c2ccccc12. The van der Waals surface area contributed by atoms with Crippen LogP contribution in [0.15, 0.2) is 89.7 Å². The first kappa shape index (κ1) is 21.5. The summed E-state index contributed by atoms with van der Waals surface area (Å²) in [4.78, 5) is 18.1. The Labute approximate surface area is 201 Å². The molecule has 0 amide bonds. The van der Waals surface area contributed by atoms with E-state index in [-0.39, 0.29) is 5.56 Å². The number of nitrogens with zero attached hydrogens (tertiary/aromatic N) is 2. The maximum Gasteiger partial charge on any atom is 0.261 e. The lowest BCUT2D eigenvalue weighted by Gasteiger charge is -2.15. The van der Waals surface area contributed by atoms with Gasteiger partial charge in [-0.15, -0.1) is 0 Å². The smallest absolute Gasteiger partial charge is 0.261 e. The van der Waals surface area contributed by atoms with Gasteiger partial charge in [-0.3, -0.25) is 9.36 Å². The highest BCUT2D eigenvalue weighted by Gasteiger charge is 2.13. The normalized spacial score (nSPS) is 11.2. The monoisotopic (exact) mass is 474 g/mol. The van der Waals surface area contributed by atoms with Crippen molar-refractivity contribution in [3.8, 4) is 17.1 Å². The maximum atomic E-state index is 13.3. The molecule has 0 N–H and O–H groups in total. The van der Waals surface area contributed by atoms with Crippen LogP contribution < -0.4 is 10.3 Å². The van der Waals surface area contributed by atoms with Gasteiger partial charge in [-0.1, -0.05) is 59.6 Å². The molecular formula is C27H20Cl2N2O2. The van der Waals surface area contributed by atoms with Gasteiger partial charge in [0.1, 0.15) is 11.6 Å². The molecule has 33 heavy (non-hydrogen) atoms. The first-order chi connectivity index (χ1) is 16.1. The van der Waals surface area contributed by atoms with Crippen molar-refractivity contribution < 1.29 is 4.74 Å². The molecule has 6 heteroatoms. The molecule has 4 aromatic carbocycles. The van der Waals surface area contributed by atoms with Crippen LogP contribution in [0.4, 0.5) is 0 Å². The number of benzene rings is 4. The second-order valence-corrected chi connectivity index (χ2v) is 8.55. The van der Waals surface area contributed by atoms with E-state index >= 15 is 0 Å². The summed E-state index contributed by atoms with van der Waals surface area (Å²) in [5, 5.41) is 3.85. The van der Waals surface area contributed by atoms with E-state index < -0.39 is 0 Å². The Morgan fingerprint density at radius 2 is 1.48 bits per heavy atom. The zero-order chi connectivity index (χ0) is 22.8. The first-order valence-electron chi connectivity index (χ1n) is 10.7. The lowest BCUT2D eigenvalue weighted by molar-refractivity contribution is 0.304. The average Bonchev–Trinajstić information content (AvgIpc) is 2.85. The van der Waals surface area contributed by atoms with Crippen molar-refractivity contribution in [2.75, 3.05) is 6.61 Å². The van der Waals surface area contributed by atoms with E-state index in [0.717, 1.165) is 22.1 Å². The third kappa shape index (κ3) is 4.32. The number of hydrogen-bond acceptors (Lipinski definition) is 3. The van der Waals surface area contributed by atoms with E-state index in [1.807, 2.05) is 72.8 Å². The standard InChI is InChI=1S/C27H20Cl2N2O2/c28-19-12-10-18(11-13-19)26-30-24-9-4-3-8-22(24)27(32)31(26)16-5-17-33-25-15-14-23(29)20-6-1-2-7-21(20)25/h1-4,6-15H,5,16-17H2. The molecule has 0 bridgehead atoms. The molecule has 0 aliphatic rings. The zero-order valence-corrected chi connectivity index (χ0v) is 19.2. The summed E-state index contributed by atoms with van der Waals surface area (Å²) < 4.78 is 7.79. The number of ether oxygens (including phenoxy) is 1. The molecule has 5 aromatic rings. The molecule has 0 aliphatic carbocycles. The summed E-state index contributed by atoms with van der Waals surface area (Å²) in [6.45, 7) is 0.922. The Kier molecular flexibility index (Phi) is 6.03. The topological polar surface area (TPSA) is 44.1 Å². The molecule has 0 fully saturated rings. The van der Waals surface area contributed by atoms with Crippen LogP contribution in [0.1, 0.15) is 6.42 Å². The minimum Gasteiger partial charge on any atom is -0.493 e. The third-order valence-corrected chi connectivity index (χ3v) is 6.16. The van der Waals surface area contributed by atoms with Crippen molar-refractivity contribution in [2.24, 2.45) is 0 Å². The number of halogens is 2. The summed E-state index contributed by atoms with van der Waals surface area (Å²) in [5.74, 6) is 1.39. The van der Waals surface area contributed by atoms with Crippen LogP contribution in [-0.2, 0) is 6.54 Å². The molecule has 0 radical (unpaired) electrons. The van der Waals surface area contributed by atoms with Crippen molar-refractivity contribution in [1.29, 1.82) is 0 Å². The number of hydrogen-bond donors (Lipinski definition) is 0. The predicted molar refractivity (Wildman–Crippen MR) is 136 cm³/mol. The average molecular weight is 475 g/mol. The Bertz CT molecular complexity index is 1510. The highest BCUT2D eigenvalue weighted by Crippen LogP contribution is 2.31. The third-order valence-electron chi connectivity index (χ3n) is 5.58. The summed E-state index contributed by atoms with van der Waals surface area (Å²) in [5.41, 5.74) is 1.45. The van der Waals surface area contributed by atoms with Crippen molar-refractivity contribution in [1.82, 2.24) is 9.55 Å². The first-order valence-corrected chi connectivity index (χ1v) is 11.4. The summed E-state index contributed by atoms with van der Waals surface area (Å²) in [7, 11) is 0. The molecule has 0 saturated carbocycles. The van der Waals surface area contributed by atoms with Crippen LogP contribution in [0.25, 0.3) is 33.1 Å². The van der Waals surface area contributed by atoms with Gasteiger partial charge >= 0.3 is 0 Å². The summed E-state index contributed by atoms with van der Waals surface area (Å²) >= 11 is 12.4. The van der Waals surface area contributed by atoms with Gasteiger partial charge < -0.3 is 4.74 Å². The van der Waals surface area contributed by atoms with Crippen molar-refractivity contribution >= 4 is 44.9 Å². The highest BCUT2D eigenvalue weighted by atomic mass is 35.5. The predicted octanol–water partition coefficient (Wildman–Crippen LogP) is 6.99. The fraction of sp³-hybridized carbons (Fsp3) is 0.111. The van der Waals surface area contributed by atoms with Crippen LogP contribution in [0.3, 0.4) is 0 Å². The summed E-state index contributed by atoms with van der Waals surface area (Å²) in [6.07, 6.45) is 0.636. The van der Waals surface area contributed by atoms with Crippen molar-refractivity contribution in [3.63, 3.8) is 0 Å². The van der Waals surface area contributed by atoms with Crippen molar-refractivity contribution in [2.45, 2.75) is 13.0 Å². The quantitative estimate of drug-likeness (QED) is 0.249. The molecule has 1 aromatic heterocycles. The molecule has 0 atom stereocenters. The Morgan fingerprint density at radius 3 is 2.27 bits per heavy atom. The lowest BCUT2D eigenvalue weighted by atomic mass is 10.1. The zero-order valence-electron chi connectivity index (χ0n) is 17.7. The number of aromatic nitrogens is 2. The second-order valence-electron chi connectivity index (χ2n) is 7.71. The molecule has 0 saturated heterocycles. The molecule has 5 rings (SSSR count). The van der Waals surface area contributed by atoms with Gasteiger partial charge in [0, 0.05) is 32.9 Å². The van der Waals surface area contributed by atoms with Crippen LogP contribution in [-0.4, -0.2) is 16.2 Å². The van der Waals surface area contributed by atoms with Gasteiger partial charge in [0.25, 0.3) is 5.56 Å². The Balaban J connectivity index is 1.43.